The molecule has 0 aromatic carbocycles. The van der Waals surface area contributed by atoms with E-state index in [1.807, 2.05) is 4.90 Å². The third kappa shape index (κ3) is 5.47. The molecule has 1 saturated heterocycles. The van der Waals surface area contributed by atoms with Crippen molar-refractivity contribution in [3.8, 4) is 0 Å². The van der Waals surface area contributed by atoms with Crippen LogP contribution in [0.1, 0.15) is 26.7 Å². The molecule has 0 radical (unpaired) electrons. The van der Waals surface area contributed by atoms with Crippen LogP contribution < -0.4 is 0 Å². The van der Waals surface area contributed by atoms with Gasteiger partial charge in [-0.1, -0.05) is 13.8 Å². The van der Waals surface area contributed by atoms with Gasteiger partial charge in [0.1, 0.15) is 0 Å². The lowest BCUT2D eigenvalue weighted by Crippen LogP contribution is -2.34. The molecular weight excluding hydrogens is 204 g/mol. The van der Waals surface area contributed by atoms with Crippen LogP contribution in [0.25, 0.3) is 0 Å². The molecule has 0 aromatic rings. The van der Waals surface area contributed by atoms with Crippen LogP contribution in [0.3, 0.4) is 0 Å². The Bertz CT molecular complexity index is 219. The number of aliphatic carboxylic acids is 1. The monoisotopic (exact) mass is 228 g/mol. The molecule has 94 valence electrons. The van der Waals surface area contributed by atoms with Gasteiger partial charge in [0.15, 0.2) is 0 Å². The lowest BCUT2D eigenvalue weighted by atomic mass is 10.1. The number of carboxylic acids is 1. The molecule has 0 unspecified atom stereocenters. The van der Waals surface area contributed by atoms with E-state index in [9.17, 15) is 4.79 Å². The summed E-state index contributed by atoms with van der Waals surface area (Å²) in [5.74, 6) is 0.0361. The lowest BCUT2D eigenvalue weighted by Gasteiger charge is -2.21. The van der Waals surface area contributed by atoms with Crippen LogP contribution in [-0.2, 0) is 4.79 Å². The molecule has 4 heteroatoms. The Balaban J connectivity index is 2.26. The highest BCUT2D eigenvalue weighted by molar-refractivity contribution is 5.69. The van der Waals surface area contributed by atoms with Crippen LogP contribution in [0.2, 0.25) is 0 Å². The Hall–Kier alpha value is -0.610. The molecule has 1 aliphatic heterocycles. The van der Waals surface area contributed by atoms with E-state index in [0.29, 0.717) is 0 Å². The molecule has 1 fully saturated rings. The van der Waals surface area contributed by atoms with Crippen molar-refractivity contribution in [1.29, 1.82) is 0 Å². The number of hydrogen-bond acceptors (Lipinski definition) is 3. The normalized spacial score (nSPS) is 19.9. The SMILES string of the molecule is CC(C)CCN1CCCN(CC(=O)O)CC1. The van der Waals surface area contributed by atoms with Crippen molar-refractivity contribution < 1.29 is 9.90 Å². The molecule has 4 nitrogen and oxygen atoms in total. The summed E-state index contributed by atoms with van der Waals surface area (Å²) in [5, 5.41) is 8.74. The minimum atomic E-state index is -0.712. The number of rotatable bonds is 5. The molecule has 1 N–H and O–H groups in total. The van der Waals surface area contributed by atoms with Gasteiger partial charge in [-0.15, -0.1) is 0 Å². The van der Waals surface area contributed by atoms with Gasteiger partial charge >= 0.3 is 5.97 Å². The van der Waals surface area contributed by atoms with Gasteiger partial charge in [-0.2, -0.15) is 0 Å². The van der Waals surface area contributed by atoms with E-state index in [2.05, 4.69) is 18.7 Å². The third-order valence-electron chi connectivity index (χ3n) is 3.06. The number of carboxylic acid groups (broad SMARTS) is 1. The summed E-state index contributed by atoms with van der Waals surface area (Å²) in [6, 6.07) is 0. The molecule has 0 spiro atoms. The second-order valence-electron chi connectivity index (χ2n) is 5.05. The van der Waals surface area contributed by atoms with Crippen LogP contribution >= 0.6 is 0 Å². The maximum absolute atomic E-state index is 10.6. The first kappa shape index (κ1) is 13.5. The van der Waals surface area contributed by atoms with E-state index in [0.717, 1.165) is 45.1 Å². The van der Waals surface area contributed by atoms with Gasteiger partial charge in [-0.25, -0.2) is 0 Å². The van der Waals surface area contributed by atoms with Crippen molar-refractivity contribution in [3.05, 3.63) is 0 Å². The van der Waals surface area contributed by atoms with E-state index in [4.69, 9.17) is 5.11 Å². The van der Waals surface area contributed by atoms with Crippen molar-refractivity contribution in [2.24, 2.45) is 5.92 Å². The summed E-state index contributed by atoms with van der Waals surface area (Å²) in [6.07, 6.45) is 2.32. The Kier molecular flexibility index (Phi) is 5.77. The van der Waals surface area contributed by atoms with E-state index in [1.54, 1.807) is 0 Å². The smallest absolute Gasteiger partial charge is 0.317 e. The van der Waals surface area contributed by atoms with Gasteiger partial charge in [0.25, 0.3) is 0 Å². The minimum Gasteiger partial charge on any atom is -0.480 e. The van der Waals surface area contributed by atoms with Crippen molar-refractivity contribution in [3.63, 3.8) is 0 Å². The molecule has 16 heavy (non-hydrogen) atoms. The molecule has 0 atom stereocenters. The molecule has 1 aliphatic rings. The standard InChI is InChI=1S/C12H24N2O2/c1-11(2)4-7-13-5-3-6-14(9-8-13)10-12(15)16/h11H,3-10H2,1-2H3,(H,15,16). The third-order valence-corrected chi connectivity index (χ3v) is 3.06. The summed E-state index contributed by atoms with van der Waals surface area (Å²) in [4.78, 5) is 15.1. The van der Waals surface area contributed by atoms with Gasteiger partial charge in [-0.05, 0) is 31.8 Å². The Morgan fingerprint density at radius 2 is 1.81 bits per heavy atom. The summed E-state index contributed by atoms with van der Waals surface area (Å²) in [6.45, 7) is 9.78. The second-order valence-corrected chi connectivity index (χ2v) is 5.05. The summed E-state index contributed by atoms with van der Waals surface area (Å²) >= 11 is 0. The van der Waals surface area contributed by atoms with E-state index in [-0.39, 0.29) is 6.54 Å². The van der Waals surface area contributed by atoms with E-state index >= 15 is 0 Å². The molecule has 0 bridgehead atoms. The topological polar surface area (TPSA) is 43.8 Å². The van der Waals surface area contributed by atoms with E-state index in [1.165, 1.54) is 6.42 Å². The fourth-order valence-corrected chi connectivity index (χ4v) is 2.04. The first-order chi connectivity index (χ1) is 7.58. The average Bonchev–Trinajstić information content (AvgIpc) is 2.39. The number of hydrogen-bond donors (Lipinski definition) is 1. The predicted molar refractivity (Wildman–Crippen MR) is 64.6 cm³/mol. The first-order valence-electron chi connectivity index (χ1n) is 6.24. The van der Waals surface area contributed by atoms with Crippen molar-refractivity contribution in [2.75, 3.05) is 39.3 Å². The van der Waals surface area contributed by atoms with Gasteiger partial charge in [-0.3, -0.25) is 9.69 Å². The highest BCUT2D eigenvalue weighted by Gasteiger charge is 2.16. The maximum atomic E-state index is 10.6. The Morgan fingerprint density at radius 1 is 1.19 bits per heavy atom. The van der Waals surface area contributed by atoms with Gasteiger partial charge in [0.2, 0.25) is 0 Å². The highest BCUT2D eigenvalue weighted by atomic mass is 16.4. The zero-order valence-corrected chi connectivity index (χ0v) is 10.5. The summed E-state index contributed by atoms with van der Waals surface area (Å²) in [5.41, 5.74) is 0. The second kappa shape index (κ2) is 6.86. The fourth-order valence-electron chi connectivity index (χ4n) is 2.04. The quantitative estimate of drug-likeness (QED) is 0.766. The van der Waals surface area contributed by atoms with Crippen LogP contribution in [-0.4, -0.2) is 60.1 Å². The summed E-state index contributed by atoms with van der Waals surface area (Å²) < 4.78 is 0. The number of carbonyl (C=O) groups is 1. The highest BCUT2D eigenvalue weighted by Crippen LogP contribution is 2.06. The minimum absolute atomic E-state index is 0.192. The average molecular weight is 228 g/mol. The van der Waals surface area contributed by atoms with Crippen molar-refractivity contribution in [1.82, 2.24) is 9.80 Å². The van der Waals surface area contributed by atoms with E-state index < -0.39 is 5.97 Å². The molecule has 0 amide bonds. The number of nitrogens with zero attached hydrogens (tertiary/aromatic N) is 2. The zero-order chi connectivity index (χ0) is 12.0. The van der Waals surface area contributed by atoms with Gasteiger partial charge in [0.05, 0.1) is 6.54 Å². The Morgan fingerprint density at radius 3 is 2.44 bits per heavy atom. The van der Waals surface area contributed by atoms with Crippen molar-refractivity contribution in [2.45, 2.75) is 26.7 Å². The lowest BCUT2D eigenvalue weighted by molar-refractivity contribution is -0.138. The maximum Gasteiger partial charge on any atom is 0.317 e. The van der Waals surface area contributed by atoms with Gasteiger partial charge in [0, 0.05) is 19.6 Å². The largest absolute Gasteiger partial charge is 0.480 e. The molecular formula is C12H24N2O2. The van der Waals surface area contributed by atoms with Crippen LogP contribution in [0, 0.1) is 5.92 Å². The Labute approximate surface area is 98.2 Å². The predicted octanol–water partition coefficient (Wildman–Crippen LogP) is 1.12. The fraction of sp³-hybridized carbons (Fsp3) is 0.917. The van der Waals surface area contributed by atoms with Gasteiger partial charge < -0.3 is 10.0 Å². The van der Waals surface area contributed by atoms with Crippen LogP contribution in [0.15, 0.2) is 0 Å². The van der Waals surface area contributed by atoms with Crippen molar-refractivity contribution >= 4 is 5.97 Å². The molecule has 1 heterocycles. The molecule has 0 aliphatic carbocycles. The molecule has 1 rings (SSSR count). The van der Waals surface area contributed by atoms with Crippen LogP contribution in [0.4, 0.5) is 0 Å². The molecule has 0 saturated carbocycles. The zero-order valence-electron chi connectivity index (χ0n) is 10.5. The summed E-state index contributed by atoms with van der Waals surface area (Å²) in [7, 11) is 0. The molecule has 0 aromatic heterocycles. The first-order valence-corrected chi connectivity index (χ1v) is 6.24. The van der Waals surface area contributed by atoms with Crippen LogP contribution in [0.5, 0.6) is 0 Å².